The molecule has 0 spiro atoms. The van der Waals surface area contributed by atoms with Crippen molar-refractivity contribution in [2.75, 3.05) is 26.2 Å². The minimum Gasteiger partial charge on any atom is -0.392 e. The molecule has 0 saturated carbocycles. The molecular weight excluding hydrogens is 156 g/mol. The van der Waals surface area contributed by atoms with Crippen molar-refractivity contribution in [3.8, 4) is 0 Å². The van der Waals surface area contributed by atoms with Crippen molar-refractivity contribution in [1.82, 2.24) is 10.2 Å². The van der Waals surface area contributed by atoms with E-state index in [4.69, 9.17) is 5.11 Å². The van der Waals surface area contributed by atoms with Gasteiger partial charge >= 0.3 is 0 Å². The van der Waals surface area contributed by atoms with E-state index in [9.17, 15) is 4.79 Å². The Labute approximate surface area is 72.6 Å². The van der Waals surface area contributed by atoms with Gasteiger partial charge in [0, 0.05) is 19.6 Å². The molecule has 4 heteroatoms. The smallest absolute Gasteiger partial charge is 0.234 e. The summed E-state index contributed by atoms with van der Waals surface area (Å²) in [7, 11) is 0. The van der Waals surface area contributed by atoms with E-state index in [1.54, 1.807) is 0 Å². The van der Waals surface area contributed by atoms with Crippen molar-refractivity contribution < 1.29 is 9.90 Å². The number of amides is 1. The third kappa shape index (κ3) is 2.79. The normalized spacial score (nSPS) is 24.3. The Morgan fingerprint density at radius 3 is 3.00 bits per heavy atom. The summed E-state index contributed by atoms with van der Waals surface area (Å²) in [5.41, 5.74) is 0. The van der Waals surface area contributed by atoms with Crippen molar-refractivity contribution in [3.05, 3.63) is 0 Å². The Hall–Kier alpha value is -0.610. The highest BCUT2D eigenvalue weighted by molar-refractivity contribution is 5.77. The van der Waals surface area contributed by atoms with Crippen LogP contribution >= 0.6 is 0 Å². The molecule has 1 aliphatic heterocycles. The number of likely N-dealkylation sites (N-methyl/N-ethyl adjacent to an activating group) is 1. The Morgan fingerprint density at radius 1 is 1.75 bits per heavy atom. The van der Waals surface area contributed by atoms with Crippen LogP contribution in [0.1, 0.15) is 13.3 Å². The molecule has 0 aromatic rings. The van der Waals surface area contributed by atoms with Crippen LogP contribution in [0.5, 0.6) is 0 Å². The molecule has 0 aromatic carbocycles. The SMILES string of the molecule is CCNC(=O)CN1CC[C@H](O)C1. The highest BCUT2D eigenvalue weighted by Crippen LogP contribution is 2.07. The average molecular weight is 172 g/mol. The van der Waals surface area contributed by atoms with Gasteiger partial charge in [-0.05, 0) is 13.3 Å². The van der Waals surface area contributed by atoms with Crippen molar-refractivity contribution in [2.45, 2.75) is 19.4 Å². The highest BCUT2D eigenvalue weighted by atomic mass is 16.3. The lowest BCUT2D eigenvalue weighted by molar-refractivity contribution is -0.121. The van der Waals surface area contributed by atoms with Crippen LogP contribution in [0.4, 0.5) is 0 Å². The molecule has 1 saturated heterocycles. The average Bonchev–Trinajstić information content (AvgIpc) is 2.36. The summed E-state index contributed by atoms with van der Waals surface area (Å²) in [4.78, 5) is 13.0. The fraction of sp³-hybridized carbons (Fsp3) is 0.875. The van der Waals surface area contributed by atoms with Crippen LogP contribution < -0.4 is 5.32 Å². The summed E-state index contributed by atoms with van der Waals surface area (Å²) in [6.07, 6.45) is 0.554. The molecule has 0 aliphatic carbocycles. The van der Waals surface area contributed by atoms with E-state index in [1.165, 1.54) is 0 Å². The lowest BCUT2D eigenvalue weighted by Crippen LogP contribution is -2.36. The fourth-order valence-electron chi connectivity index (χ4n) is 1.41. The van der Waals surface area contributed by atoms with Gasteiger partial charge in [-0.1, -0.05) is 0 Å². The fourth-order valence-corrected chi connectivity index (χ4v) is 1.41. The van der Waals surface area contributed by atoms with Crippen molar-refractivity contribution in [3.63, 3.8) is 0 Å². The number of aliphatic hydroxyl groups excluding tert-OH is 1. The van der Waals surface area contributed by atoms with Gasteiger partial charge in [0.05, 0.1) is 12.6 Å². The standard InChI is InChI=1S/C8H16N2O2/c1-2-9-8(12)6-10-4-3-7(11)5-10/h7,11H,2-6H2,1H3,(H,9,12)/t7-/m0/s1. The molecule has 12 heavy (non-hydrogen) atoms. The third-order valence-electron chi connectivity index (χ3n) is 1.99. The summed E-state index contributed by atoms with van der Waals surface area (Å²) >= 11 is 0. The zero-order valence-corrected chi connectivity index (χ0v) is 7.42. The number of aliphatic hydroxyl groups is 1. The van der Waals surface area contributed by atoms with Gasteiger partial charge in [-0.15, -0.1) is 0 Å². The molecule has 0 radical (unpaired) electrons. The van der Waals surface area contributed by atoms with Crippen LogP contribution in [0.25, 0.3) is 0 Å². The maximum Gasteiger partial charge on any atom is 0.234 e. The van der Waals surface area contributed by atoms with E-state index >= 15 is 0 Å². The molecule has 70 valence electrons. The minimum absolute atomic E-state index is 0.0478. The molecule has 0 bridgehead atoms. The lowest BCUT2D eigenvalue weighted by Gasteiger charge is -2.13. The summed E-state index contributed by atoms with van der Waals surface area (Å²) in [5.74, 6) is 0.0478. The summed E-state index contributed by atoms with van der Waals surface area (Å²) < 4.78 is 0. The van der Waals surface area contributed by atoms with Crippen LogP contribution in [0.2, 0.25) is 0 Å². The first-order chi connectivity index (χ1) is 5.72. The minimum atomic E-state index is -0.237. The summed E-state index contributed by atoms with van der Waals surface area (Å²) in [6.45, 7) is 4.46. The number of rotatable bonds is 3. The molecule has 1 atom stereocenters. The Kier molecular flexibility index (Phi) is 3.49. The van der Waals surface area contributed by atoms with Gasteiger partial charge in [-0.25, -0.2) is 0 Å². The Morgan fingerprint density at radius 2 is 2.50 bits per heavy atom. The number of hydrogen-bond donors (Lipinski definition) is 2. The zero-order chi connectivity index (χ0) is 8.97. The number of hydrogen-bond acceptors (Lipinski definition) is 3. The molecule has 1 aliphatic rings. The summed E-state index contributed by atoms with van der Waals surface area (Å²) in [6, 6.07) is 0. The Balaban J connectivity index is 2.18. The largest absolute Gasteiger partial charge is 0.392 e. The van der Waals surface area contributed by atoms with E-state index < -0.39 is 0 Å². The topological polar surface area (TPSA) is 52.6 Å². The number of carbonyl (C=O) groups excluding carboxylic acids is 1. The van der Waals surface area contributed by atoms with Crippen LogP contribution in [0.15, 0.2) is 0 Å². The van der Waals surface area contributed by atoms with E-state index in [-0.39, 0.29) is 12.0 Å². The van der Waals surface area contributed by atoms with E-state index in [0.29, 0.717) is 19.6 Å². The van der Waals surface area contributed by atoms with Gasteiger partial charge in [0.2, 0.25) is 5.91 Å². The van der Waals surface area contributed by atoms with Crippen LogP contribution in [-0.4, -0.2) is 48.2 Å². The van der Waals surface area contributed by atoms with Crippen molar-refractivity contribution in [2.24, 2.45) is 0 Å². The third-order valence-corrected chi connectivity index (χ3v) is 1.99. The van der Waals surface area contributed by atoms with Crippen LogP contribution in [-0.2, 0) is 4.79 Å². The van der Waals surface area contributed by atoms with E-state index in [0.717, 1.165) is 13.0 Å². The second kappa shape index (κ2) is 4.42. The van der Waals surface area contributed by atoms with Crippen LogP contribution in [0.3, 0.4) is 0 Å². The maximum absolute atomic E-state index is 11.1. The number of β-amino-alcohol motifs (C(OH)–C–C–N with tert-alkyl or cyclic N) is 1. The van der Waals surface area contributed by atoms with E-state index in [1.807, 2.05) is 11.8 Å². The highest BCUT2D eigenvalue weighted by Gasteiger charge is 2.21. The van der Waals surface area contributed by atoms with Gasteiger partial charge in [0.1, 0.15) is 0 Å². The summed E-state index contributed by atoms with van der Waals surface area (Å²) in [5, 5.41) is 11.9. The quantitative estimate of drug-likeness (QED) is 0.585. The molecule has 1 heterocycles. The number of nitrogens with zero attached hydrogens (tertiary/aromatic N) is 1. The van der Waals surface area contributed by atoms with Gasteiger partial charge in [0.25, 0.3) is 0 Å². The first-order valence-electron chi connectivity index (χ1n) is 4.39. The van der Waals surface area contributed by atoms with Gasteiger partial charge in [-0.3, -0.25) is 9.69 Å². The number of likely N-dealkylation sites (tertiary alicyclic amines) is 1. The molecule has 0 aromatic heterocycles. The van der Waals surface area contributed by atoms with E-state index in [2.05, 4.69) is 5.32 Å². The predicted molar refractivity (Wildman–Crippen MR) is 45.7 cm³/mol. The maximum atomic E-state index is 11.1. The Bertz CT molecular complexity index is 161. The zero-order valence-electron chi connectivity index (χ0n) is 7.42. The first-order valence-corrected chi connectivity index (χ1v) is 4.39. The molecule has 2 N–H and O–H groups in total. The molecule has 4 nitrogen and oxygen atoms in total. The molecule has 1 rings (SSSR count). The predicted octanol–water partition coefficient (Wildman–Crippen LogP) is -0.811. The van der Waals surface area contributed by atoms with Crippen LogP contribution in [0, 0.1) is 0 Å². The number of carbonyl (C=O) groups is 1. The van der Waals surface area contributed by atoms with Gasteiger partial charge < -0.3 is 10.4 Å². The van der Waals surface area contributed by atoms with Gasteiger partial charge in [0.15, 0.2) is 0 Å². The molecule has 1 amide bonds. The second-order valence-electron chi connectivity index (χ2n) is 3.13. The van der Waals surface area contributed by atoms with Gasteiger partial charge in [-0.2, -0.15) is 0 Å². The molecular formula is C8H16N2O2. The molecule has 1 fully saturated rings. The lowest BCUT2D eigenvalue weighted by atomic mass is 10.3. The number of nitrogens with one attached hydrogen (secondary N) is 1. The first kappa shape index (κ1) is 9.48. The van der Waals surface area contributed by atoms with Crippen molar-refractivity contribution >= 4 is 5.91 Å². The molecule has 0 unspecified atom stereocenters. The monoisotopic (exact) mass is 172 g/mol. The second-order valence-corrected chi connectivity index (χ2v) is 3.13. The van der Waals surface area contributed by atoms with Crippen molar-refractivity contribution in [1.29, 1.82) is 0 Å².